The molecule has 0 saturated carbocycles. The van der Waals surface area contributed by atoms with Crippen LogP contribution in [0, 0.1) is 0 Å². The first-order valence-electron chi connectivity index (χ1n) is 22.7. The summed E-state index contributed by atoms with van der Waals surface area (Å²) in [6.07, 6.45) is 0. The Labute approximate surface area is 382 Å². The van der Waals surface area contributed by atoms with E-state index in [1.54, 1.807) is 0 Å². The molecule has 2 aromatic heterocycles. The van der Waals surface area contributed by atoms with E-state index in [0.29, 0.717) is 5.82 Å². The van der Waals surface area contributed by atoms with Gasteiger partial charge in [0.1, 0.15) is 0 Å². The van der Waals surface area contributed by atoms with Gasteiger partial charge < -0.3 is 4.57 Å². The summed E-state index contributed by atoms with van der Waals surface area (Å²) in [7, 11) is 0. The zero-order valence-electron chi connectivity index (χ0n) is 35.9. The van der Waals surface area contributed by atoms with E-state index in [9.17, 15) is 0 Å². The van der Waals surface area contributed by atoms with Gasteiger partial charge in [0.2, 0.25) is 0 Å². The van der Waals surface area contributed by atoms with Crippen LogP contribution in [0.4, 0.5) is 0 Å². The van der Waals surface area contributed by atoms with E-state index < -0.39 is 5.41 Å². The first kappa shape index (κ1) is 36.8. The number of benzene rings is 10. The Morgan fingerprint density at radius 3 is 1.52 bits per heavy atom. The topological polar surface area (TPSA) is 30.7 Å². The molecule has 0 bridgehead atoms. The largest absolute Gasteiger partial charge is 0.309 e. The highest BCUT2D eigenvalue weighted by molar-refractivity contribution is 6.10. The van der Waals surface area contributed by atoms with Crippen LogP contribution in [0.3, 0.4) is 0 Å². The average Bonchev–Trinajstić information content (AvgIpc) is 4.01. The van der Waals surface area contributed by atoms with Crippen molar-refractivity contribution in [3.05, 3.63) is 259 Å². The molecule has 2 aliphatic rings. The molecular formula is C63H39N3. The standard InChI is InChI=1S/C63H39N3/c1-2-18-40(19-3-1)62-64-56(39-57(65-62)44-23-17-24-45(37-44)66-58-34-14-9-28-49(58)50-29-10-15-35-59(50)66)43-22-16-21-41(36-43)52-38-42-20-4-5-25-46(42)61-60(52)51-30-8-13-33-55(51)63(61)53-31-11-6-26-47(53)48-27-7-12-32-54(48)63/h1-39H. The smallest absolute Gasteiger partial charge is 0.160 e. The molecule has 2 heterocycles. The minimum atomic E-state index is -0.466. The predicted octanol–water partition coefficient (Wildman–Crippen LogP) is 15.7. The highest BCUT2D eigenvalue weighted by Gasteiger charge is 2.53. The molecule has 12 aromatic rings. The molecule has 3 nitrogen and oxygen atoms in total. The van der Waals surface area contributed by atoms with Crippen LogP contribution in [-0.2, 0) is 5.41 Å². The van der Waals surface area contributed by atoms with Gasteiger partial charge in [-0.3, -0.25) is 0 Å². The molecule has 2 aliphatic carbocycles. The fourth-order valence-corrected chi connectivity index (χ4v) is 11.5. The van der Waals surface area contributed by atoms with Crippen LogP contribution < -0.4 is 0 Å². The fraction of sp³-hybridized carbons (Fsp3) is 0.0159. The maximum Gasteiger partial charge on any atom is 0.160 e. The second-order valence-corrected chi connectivity index (χ2v) is 17.6. The monoisotopic (exact) mass is 837 g/mol. The maximum atomic E-state index is 5.34. The number of rotatable bonds is 5. The summed E-state index contributed by atoms with van der Waals surface area (Å²) in [6, 6.07) is 86.2. The minimum Gasteiger partial charge on any atom is -0.309 e. The summed E-state index contributed by atoms with van der Waals surface area (Å²) in [5, 5.41) is 4.99. The van der Waals surface area contributed by atoms with Gasteiger partial charge in [0, 0.05) is 33.2 Å². The second-order valence-electron chi connectivity index (χ2n) is 17.6. The summed E-state index contributed by atoms with van der Waals surface area (Å²) in [5.41, 5.74) is 20.7. The highest BCUT2D eigenvalue weighted by atomic mass is 15.0. The quantitative estimate of drug-likeness (QED) is 0.173. The third-order valence-corrected chi connectivity index (χ3v) is 14.2. The zero-order valence-corrected chi connectivity index (χ0v) is 35.9. The van der Waals surface area contributed by atoms with E-state index in [-0.39, 0.29) is 0 Å². The van der Waals surface area contributed by atoms with Crippen LogP contribution in [0.15, 0.2) is 237 Å². The van der Waals surface area contributed by atoms with E-state index in [2.05, 4.69) is 235 Å². The Kier molecular flexibility index (Phi) is 7.90. The zero-order chi connectivity index (χ0) is 43.3. The summed E-state index contributed by atoms with van der Waals surface area (Å²) < 4.78 is 2.37. The Morgan fingerprint density at radius 1 is 0.333 bits per heavy atom. The lowest BCUT2D eigenvalue weighted by atomic mass is 9.69. The van der Waals surface area contributed by atoms with Crippen molar-refractivity contribution in [2.75, 3.05) is 0 Å². The summed E-state index contributed by atoms with van der Waals surface area (Å²) in [4.78, 5) is 10.6. The minimum absolute atomic E-state index is 0.466. The van der Waals surface area contributed by atoms with Gasteiger partial charge in [-0.25, -0.2) is 9.97 Å². The Morgan fingerprint density at radius 2 is 0.833 bits per heavy atom. The van der Waals surface area contributed by atoms with Crippen LogP contribution >= 0.6 is 0 Å². The molecule has 66 heavy (non-hydrogen) atoms. The van der Waals surface area contributed by atoms with Crippen LogP contribution in [0.1, 0.15) is 22.3 Å². The van der Waals surface area contributed by atoms with Gasteiger partial charge in [-0.2, -0.15) is 0 Å². The van der Waals surface area contributed by atoms with Crippen molar-refractivity contribution in [2.45, 2.75) is 5.41 Å². The van der Waals surface area contributed by atoms with Crippen LogP contribution in [0.5, 0.6) is 0 Å². The van der Waals surface area contributed by atoms with Crippen LogP contribution in [-0.4, -0.2) is 14.5 Å². The summed E-state index contributed by atoms with van der Waals surface area (Å²) in [6.45, 7) is 0. The third-order valence-electron chi connectivity index (χ3n) is 14.2. The van der Waals surface area contributed by atoms with Gasteiger partial charge >= 0.3 is 0 Å². The summed E-state index contributed by atoms with van der Waals surface area (Å²) >= 11 is 0. The van der Waals surface area contributed by atoms with Gasteiger partial charge in [0.15, 0.2) is 5.82 Å². The maximum absolute atomic E-state index is 5.34. The van der Waals surface area contributed by atoms with E-state index in [1.165, 1.54) is 82.6 Å². The number of nitrogens with zero attached hydrogens (tertiary/aromatic N) is 3. The van der Waals surface area contributed by atoms with Crippen molar-refractivity contribution < 1.29 is 0 Å². The van der Waals surface area contributed by atoms with E-state index in [1.807, 2.05) is 6.07 Å². The number of hydrogen-bond acceptors (Lipinski definition) is 2. The van der Waals surface area contributed by atoms with Gasteiger partial charge in [-0.05, 0) is 109 Å². The van der Waals surface area contributed by atoms with E-state index in [4.69, 9.17) is 9.97 Å². The van der Waals surface area contributed by atoms with Gasteiger partial charge in [0.25, 0.3) is 0 Å². The molecule has 0 fully saturated rings. The second kappa shape index (κ2) is 14.2. The van der Waals surface area contributed by atoms with Gasteiger partial charge in [-0.15, -0.1) is 0 Å². The number of aromatic nitrogens is 3. The molecule has 0 radical (unpaired) electrons. The molecule has 0 amide bonds. The normalized spacial score (nSPS) is 13.0. The first-order chi connectivity index (χ1) is 32.7. The van der Waals surface area contributed by atoms with Gasteiger partial charge in [0.05, 0.1) is 27.8 Å². The van der Waals surface area contributed by atoms with Crippen LogP contribution in [0.25, 0.3) is 106 Å². The molecule has 1 spiro atoms. The molecule has 0 atom stereocenters. The highest BCUT2D eigenvalue weighted by Crippen LogP contribution is 2.65. The van der Waals surface area contributed by atoms with E-state index >= 15 is 0 Å². The predicted molar refractivity (Wildman–Crippen MR) is 272 cm³/mol. The molecule has 10 aromatic carbocycles. The van der Waals surface area contributed by atoms with Gasteiger partial charge in [-0.1, -0.05) is 194 Å². The molecule has 0 saturated heterocycles. The lowest BCUT2D eigenvalue weighted by molar-refractivity contribution is 0.801. The Bertz CT molecular complexity index is 3850. The molecule has 3 heteroatoms. The Balaban J connectivity index is 0.978. The molecule has 0 unspecified atom stereocenters. The van der Waals surface area contributed by atoms with Crippen molar-refractivity contribution in [3.63, 3.8) is 0 Å². The molecule has 14 rings (SSSR count). The van der Waals surface area contributed by atoms with Crippen LogP contribution in [0.2, 0.25) is 0 Å². The number of fused-ring (bicyclic) bond motifs is 15. The molecule has 0 aliphatic heterocycles. The number of para-hydroxylation sites is 2. The van der Waals surface area contributed by atoms with Crippen molar-refractivity contribution in [2.24, 2.45) is 0 Å². The SMILES string of the molecule is c1ccc(-c2nc(-c3cccc(-c4cc5ccccc5c5c4-c4ccccc4C54c5ccccc5-c5ccccc54)c3)cc(-c3cccc(-n4c5ccccc5c5ccccc54)c3)n2)cc1. The average molecular weight is 838 g/mol. The van der Waals surface area contributed by atoms with Crippen molar-refractivity contribution in [3.8, 4) is 73.0 Å². The van der Waals surface area contributed by atoms with E-state index in [0.717, 1.165) is 39.3 Å². The lowest BCUT2D eigenvalue weighted by Crippen LogP contribution is -2.26. The first-order valence-corrected chi connectivity index (χ1v) is 22.7. The molecule has 0 N–H and O–H groups in total. The Hall–Kier alpha value is -8.66. The number of hydrogen-bond donors (Lipinski definition) is 0. The van der Waals surface area contributed by atoms with Crippen molar-refractivity contribution >= 4 is 32.6 Å². The molecular weight excluding hydrogens is 799 g/mol. The summed E-state index contributed by atoms with van der Waals surface area (Å²) in [5.74, 6) is 0.691. The fourth-order valence-electron chi connectivity index (χ4n) is 11.5. The van der Waals surface area contributed by atoms with Crippen molar-refractivity contribution in [1.29, 1.82) is 0 Å². The lowest BCUT2D eigenvalue weighted by Gasteiger charge is -2.31. The third kappa shape index (κ3) is 5.20. The molecule has 306 valence electrons. The van der Waals surface area contributed by atoms with Crippen molar-refractivity contribution in [1.82, 2.24) is 14.5 Å².